The molecule has 0 radical (unpaired) electrons. The van der Waals surface area contributed by atoms with Gasteiger partial charge in [0.05, 0.1) is 0 Å². The summed E-state index contributed by atoms with van der Waals surface area (Å²) in [4.78, 5) is 16.1. The Morgan fingerprint density at radius 2 is 1.82 bits per heavy atom. The largest absolute Gasteiger partial charge is 0.356 e. The fraction of sp³-hybridized carbons (Fsp3) is 0.391. The minimum absolute atomic E-state index is 0.00912. The molecule has 0 aliphatic heterocycles. The van der Waals surface area contributed by atoms with Crippen LogP contribution in [-0.4, -0.2) is 39.1 Å². The maximum atomic E-state index is 11.8. The molecule has 5 heteroatoms. The second-order valence-corrected chi connectivity index (χ2v) is 7.58. The first kappa shape index (κ1) is 21.5. The Balaban J connectivity index is 1.88. The molecule has 2 rings (SSSR count). The molecule has 0 fully saturated rings. The van der Waals surface area contributed by atoms with E-state index in [2.05, 4.69) is 66.0 Å². The molecule has 0 aromatic heterocycles. The Bertz CT molecular complexity index is 827. The molecule has 0 saturated carbocycles. The van der Waals surface area contributed by atoms with E-state index in [1.165, 1.54) is 11.1 Å². The number of nitrogens with one attached hydrogen (secondary N) is 3. The summed E-state index contributed by atoms with van der Waals surface area (Å²) in [6.07, 6.45) is 0.812. The van der Waals surface area contributed by atoms with Crippen LogP contribution in [0.25, 0.3) is 0 Å². The molecule has 3 N–H and O–H groups in total. The summed E-state index contributed by atoms with van der Waals surface area (Å²) >= 11 is 0. The lowest BCUT2D eigenvalue weighted by atomic mass is 9.82. The first-order valence-corrected chi connectivity index (χ1v) is 9.69. The van der Waals surface area contributed by atoms with Gasteiger partial charge < -0.3 is 16.0 Å². The third-order valence-corrected chi connectivity index (χ3v) is 4.92. The van der Waals surface area contributed by atoms with E-state index in [1.807, 2.05) is 24.3 Å². The zero-order valence-electron chi connectivity index (χ0n) is 17.6. The van der Waals surface area contributed by atoms with E-state index < -0.39 is 0 Å². The Kier molecular flexibility index (Phi) is 7.61. The quantitative estimate of drug-likeness (QED) is 0.511. The first-order chi connectivity index (χ1) is 13.4. The van der Waals surface area contributed by atoms with Gasteiger partial charge in [0.25, 0.3) is 5.91 Å². The van der Waals surface area contributed by atoms with E-state index in [1.54, 1.807) is 14.1 Å². The lowest BCUT2D eigenvalue weighted by Gasteiger charge is -2.28. The smallest absolute Gasteiger partial charge is 0.251 e. The van der Waals surface area contributed by atoms with Gasteiger partial charge in [0, 0.05) is 38.2 Å². The molecule has 0 aliphatic carbocycles. The third kappa shape index (κ3) is 5.84. The fourth-order valence-electron chi connectivity index (χ4n) is 3.29. The number of hydrogen-bond acceptors (Lipinski definition) is 2. The Labute approximate surface area is 168 Å². The molecule has 0 saturated heterocycles. The summed E-state index contributed by atoms with van der Waals surface area (Å²) < 4.78 is 0. The number of guanidine groups is 1. The van der Waals surface area contributed by atoms with Crippen LogP contribution < -0.4 is 16.0 Å². The number of benzene rings is 2. The molecule has 2 aromatic rings. The van der Waals surface area contributed by atoms with E-state index in [4.69, 9.17) is 0 Å². The van der Waals surface area contributed by atoms with E-state index in [0.717, 1.165) is 31.0 Å². The van der Waals surface area contributed by atoms with Crippen LogP contribution >= 0.6 is 0 Å². The number of aryl methyl sites for hydroxylation is 1. The molecular weight excluding hydrogens is 348 g/mol. The van der Waals surface area contributed by atoms with Crippen LogP contribution in [0.2, 0.25) is 0 Å². The maximum Gasteiger partial charge on any atom is 0.251 e. The summed E-state index contributed by atoms with van der Waals surface area (Å²) in [5, 5.41) is 9.45. The number of aliphatic imine (C=N–C) groups is 1. The maximum absolute atomic E-state index is 11.8. The summed E-state index contributed by atoms with van der Waals surface area (Å²) in [6.45, 7) is 8.14. The van der Waals surface area contributed by atoms with Crippen LogP contribution in [0.3, 0.4) is 0 Å². The van der Waals surface area contributed by atoms with Gasteiger partial charge in [-0.2, -0.15) is 0 Å². The second-order valence-electron chi connectivity index (χ2n) is 7.58. The van der Waals surface area contributed by atoms with Crippen molar-refractivity contribution in [3.8, 4) is 0 Å². The number of amides is 1. The van der Waals surface area contributed by atoms with Crippen molar-refractivity contribution >= 4 is 11.9 Å². The van der Waals surface area contributed by atoms with Crippen molar-refractivity contribution in [1.29, 1.82) is 0 Å². The lowest BCUT2D eigenvalue weighted by molar-refractivity contribution is 0.0963. The molecule has 0 spiro atoms. The zero-order valence-corrected chi connectivity index (χ0v) is 17.6. The molecule has 0 atom stereocenters. The van der Waals surface area contributed by atoms with Crippen molar-refractivity contribution in [1.82, 2.24) is 16.0 Å². The van der Waals surface area contributed by atoms with E-state index >= 15 is 0 Å². The van der Waals surface area contributed by atoms with Crippen LogP contribution in [0.5, 0.6) is 0 Å². The summed E-state index contributed by atoms with van der Waals surface area (Å²) in [6, 6.07) is 16.2. The Morgan fingerprint density at radius 1 is 1.07 bits per heavy atom. The number of hydrogen-bond donors (Lipinski definition) is 3. The summed E-state index contributed by atoms with van der Waals surface area (Å²) in [5.41, 5.74) is 4.43. The van der Waals surface area contributed by atoms with Gasteiger partial charge in [-0.25, -0.2) is 0 Å². The molecule has 0 aliphatic rings. The molecule has 1 amide bonds. The Morgan fingerprint density at radius 3 is 2.50 bits per heavy atom. The third-order valence-electron chi connectivity index (χ3n) is 4.92. The molecule has 5 nitrogen and oxygen atoms in total. The van der Waals surface area contributed by atoms with Gasteiger partial charge in [-0.05, 0) is 42.2 Å². The monoisotopic (exact) mass is 380 g/mol. The van der Waals surface area contributed by atoms with Gasteiger partial charge in [-0.15, -0.1) is 0 Å². The number of carbonyl (C=O) groups is 1. The van der Waals surface area contributed by atoms with Crippen molar-refractivity contribution in [2.75, 3.05) is 27.2 Å². The van der Waals surface area contributed by atoms with Gasteiger partial charge in [-0.1, -0.05) is 50.2 Å². The highest BCUT2D eigenvalue weighted by molar-refractivity contribution is 5.94. The van der Waals surface area contributed by atoms with Crippen LogP contribution in [0.15, 0.2) is 53.5 Å². The van der Waals surface area contributed by atoms with Gasteiger partial charge in [0.1, 0.15) is 0 Å². The predicted molar refractivity (Wildman–Crippen MR) is 117 cm³/mol. The average Bonchev–Trinajstić information content (AvgIpc) is 2.70. The normalized spacial score (nSPS) is 11.8. The van der Waals surface area contributed by atoms with Crippen LogP contribution in [0.1, 0.15) is 40.9 Å². The van der Waals surface area contributed by atoms with Crippen molar-refractivity contribution < 1.29 is 4.79 Å². The molecule has 28 heavy (non-hydrogen) atoms. The molecular formula is C23H32N4O. The topological polar surface area (TPSA) is 65.5 Å². The summed E-state index contributed by atoms with van der Waals surface area (Å²) in [5.74, 6) is 0.717. The SMILES string of the molecule is CN=C(NCCc1cccc(C(=O)NC)c1)NCC(C)(C)c1ccccc1C. The number of carbonyl (C=O) groups excluding carboxylic acids is 1. The van der Waals surface area contributed by atoms with Gasteiger partial charge in [0.15, 0.2) is 5.96 Å². The first-order valence-electron chi connectivity index (χ1n) is 9.69. The second kappa shape index (κ2) is 9.93. The van der Waals surface area contributed by atoms with Crippen molar-refractivity contribution in [2.24, 2.45) is 4.99 Å². The number of rotatable bonds is 7. The molecule has 0 unspecified atom stereocenters. The van der Waals surface area contributed by atoms with Crippen molar-refractivity contribution in [3.63, 3.8) is 0 Å². The average molecular weight is 381 g/mol. The van der Waals surface area contributed by atoms with Crippen molar-refractivity contribution in [3.05, 3.63) is 70.8 Å². The highest BCUT2D eigenvalue weighted by atomic mass is 16.1. The lowest BCUT2D eigenvalue weighted by Crippen LogP contribution is -2.44. The van der Waals surface area contributed by atoms with Crippen LogP contribution in [0.4, 0.5) is 0 Å². The van der Waals surface area contributed by atoms with Gasteiger partial charge >= 0.3 is 0 Å². The van der Waals surface area contributed by atoms with Crippen LogP contribution in [-0.2, 0) is 11.8 Å². The summed E-state index contributed by atoms with van der Waals surface area (Å²) in [7, 11) is 3.42. The zero-order chi connectivity index (χ0) is 20.6. The molecule has 0 heterocycles. The van der Waals surface area contributed by atoms with Gasteiger partial charge in [0.2, 0.25) is 0 Å². The van der Waals surface area contributed by atoms with Gasteiger partial charge in [-0.3, -0.25) is 9.79 Å². The molecule has 0 bridgehead atoms. The fourth-order valence-corrected chi connectivity index (χ4v) is 3.29. The molecule has 2 aromatic carbocycles. The van der Waals surface area contributed by atoms with Crippen LogP contribution in [0, 0.1) is 6.92 Å². The minimum atomic E-state index is -0.0641. The highest BCUT2D eigenvalue weighted by Gasteiger charge is 2.22. The van der Waals surface area contributed by atoms with Crippen molar-refractivity contribution in [2.45, 2.75) is 32.6 Å². The minimum Gasteiger partial charge on any atom is -0.356 e. The van der Waals surface area contributed by atoms with E-state index in [9.17, 15) is 4.79 Å². The Hall–Kier alpha value is -2.82. The highest BCUT2D eigenvalue weighted by Crippen LogP contribution is 2.25. The van der Waals surface area contributed by atoms with E-state index in [0.29, 0.717) is 5.56 Å². The number of nitrogens with zero attached hydrogens (tertiary/aromatic N) is 1. The standard InChI is InChI=1S/C23H32N4O/c1-17-9-6-7-12-20(17)23(2,3)16-27-22(25-5)26-14-13-18-10-8-11-19(15-18)21(28)24-4/h6-12,15H,13-14,16H2,1-5H3,(H,24,28)(H2,25,26,27). The van der Waals surface area contributed by atoms with E-state index in [-0.39, 0.29) is 11.3 Å². The molecule has 150 valence electrons. The predicted octanol–water partition coefficient (Wildman–Crippen LogP) is 3.04.